The van der Waals surface area contributed by atoms with Gasteiger partial charge in [0.2, 0.25) is 0 Å². The second-order valence-electron chi connectivity index (χ2n) is 3.94. The molecule has 1 fully saturated rings. The van der Waals surface area contributed by atoms with E-state index in [0.29, 0.717) is 6.04 Å². The van der Waals surface area contributed by atoms with Crippen LogP contribution in [0.2, 0.25) is 0 Å². The van der Waals surface area contributed by atoms with E-state index in [-0.39, 0.29) is 0 Å². The zero-order chi connectivity index (χ0) is 10.2. The molecule has 0 aromatic rings. The first-order valence-corrected chi connectivity index (χ1v) is 5.54. The smallest absolute Gasteiger partial charge is 0.0195 e. The number of hydrogen-bond acceptors (Lipinski definition) is 2. The Morgan fingerprint density at radius 3 is 2.43 bits per heavy atom. The third-order valence-electron chi connectivity index (χ3n) is 2.67. The maximum absolute atomic E-state index is 3.78. The lowest BCUT2D eigenvalue weighted by Crippen LogP contribution is -2.43. The largest absolute Gasteiger partial charge is 0.313 e. The van der Waals surface area contributed by atoms with Crippen LogP contribution in [0.3, 0.4) is 0 Å². The summed E-state index contributed by atoms with van der Waals surface area (Å²) in [7, 11) is 0. The SMILES string of the molecule is C=CCN(CC=C)CC1CCCCN1. The average Bonchev–Trinajstić information content (AvgIpc) is 2.20. The fraction of sp³-hybridized carbons (Fsp3) is 0.667. The minimum atomic E-state index is 0.670. The van der Waals surface area contributed by atoms with Crippen molar-refractivity contribution in [2.24, 2.45) is 0 Å². The predicted molar refractivity (Wildman–Crippen MR) is 62.5 cm³/mol. The summed E-state index contributed by atoms with van der Waals surface area (Å²) in [4.78, 5) is 2.38. The van der Waals surface area contributed by atoms with Crippen molar-refractivity contribution < 1.29 is 0 Å². The highest BCUT2D eigenvalue weighted by atomic mass is 15.1. The van der Waals surface area contributed by atoms with Crippen molar-refractivity contribution in [2.45, 2.75) is 25.3 Å². The van der Waals surface area contributed by atoms with E-state index < -0.39 is 0 Å². The number of piperidine rings is 1. The molecule has 2 nitrogen and oxygen atoms in total. The summed E-state index contributed by atoms with van der Waals surface area (Å²) >= 11 is 0. The molecular formula is C12H22N2. The van der Waals surface area contributed by atoms with Crippen molar-refractivity contribution in [2.75, 3.05) is 26.2 Å². The van der Waals surface area contributed by atoms with Crippen LogP contribution in [-0.4, -0.2) is 37.1 Å². The molecule has 0 bridgehead atoms. The highest BCUT2D eigenvalue weighted by Crippen LogP contribution is 2.08. The first-order valence-electron chi connectivity index (χ1n) is 5.54. The molecule has 1 atom stereocenters. The van der Waals surface area contributed by atoms with Crippen molar-refractivity contribution in [3.05, 3.63) is 25.3 Å². The molecule has 2 heteroatoms. The molecule has 1 aliphatic rings. The molecule has 1 unspecified atom stereocenters. The minimum Gasteiger partial charge on any atom is -0.313 e. The van der Waals surface area contributed by atoms with Gasteiger partial charge in [-0.3, -0.25) is 4.90 Å². The van der Waals surface area contributed by atoms with E-state index in [4.69, 9.17) is 0 Å². The lowest BCUT2D eigenvalue weighted by Gasteiger charge is -2.29. The van der Waals surface area contributed by atoms with Crippen molar-refractivity contribution >= 4 is 0 Å². The molecule has 1 heterocycles. The molecule has 0 aromatic heterocycles. The summed E-state index contributed by atoms with van der Waals surface area (Å²) in [6.45, 7) is 11.8. The van der Waals surface area contributed by atoms with Crippen LogP contribution in [0.25, 0.3) is 0 Å². The van der Waals surface area contributed by atoms with Gasteiger partial charge in [-0.2, -0.15) is 0 Å². The quantitative estimate of drug-likeness (QED) is 0.649. The zero-order valence-electron chi connectivity index (χ0n) is 9.04. The van der Waals surface area contributed by atoms with E-state index in [9.17, 15) is 0 Å². The molecule has 1 aliphatic heterocycles. The molecule has 14 heavy (non-hydrogen) atoms. The molecule has 0 radical (unpaired) electrons. The second-order valence-corrected chi connectivity index (χ2v) is 3.94. The standard InChI is InChI=1S/C12H22N2/c1-3-9-14(10-4-2)11-12-7-5-6-8-13-12/h3-4,12-13H,1-2,5-11H2. The third kappa shape index (κ3) is 4.07. The van der Waals surface area contributed by atoms with Crippen molar-refractivity contribution in [1.29, 1.82) is 0 Å². The molecule has 0 aliphatic carbocycles. The highest BCUT2D eigenvalue weighted by Gasteiger charge is 2.14. The van der Waals surface area contributed by atoms with Gasteiger partial charge in [0.1, 0.15) is 0 Å². The Balaban J connectivity index is 2.28. The van der Waals surface area contributed by atoms with Gasteiger partial charge in [0.15, 0.2) is 0 Å². The molecule has 0 spiro atoms. The summed E-state index contributed by atoms with van der Waals surface area (Å²) < 4.78 is 0. The number of rotatable bonds is 6. The van der Waals surface area contributed by atoms with Crippen molar-refractivity contribution in [3.63, 3.8) is 0 Å². The number of nitrogens with zero attached hydrogens (tertiary/aromatic N) is 1. The summed E-state index contributed by atoms with van der Waals surface area (Å²) in [6, 6.07) is 0.670. The van der Waals surface area contributed by atoms with E-state index in [0.717, 1.165) is 19.6 Å². The molecule has 0 amide bonds. The molecular weight excluding hydrogens is 172 g/mol. The first-order chi connectivity index (χ1) is 6.86. The lowest BCUT2D eigenvalue weighted by molar-refractivity contribution is 0.261. The molecule has 0 saturated carbocycles. The van der Waals surface area contributed by atoms with Gasteiger partial charge in [-0.1, -0.05) is 18.6 Å². The van der Waals surface area contributed by atoms with Crippen molar-refractivity contribution in [1.82, 2.24) is 10.2 Å². The van der Waals surface area contributed by atoms with Crippen LogP contribution in [0.15, 0.2) is 25.3 Å². The van der Waals surface area contributed by atoms with E-state index in [2.05, 4.69) is 23.4 Å². The monoisotopic (exact) mass is 194 g/mol. The van der Waals surface area contributed by atoms with Gasteiger partial charge in [-0.15, -0.1) is 13.2 Å². The summed E-state index contributed by atoms with van der Waals surface area (Å²) in [5, 5.41) is 3.56. The summed E-state index contributed by atoms with van der Waals surface area (Å²) in [6.07, 6.45) is 7.94. The van der Waals surface area contributed by atoms with Crippen LogP contribution < -0.4 is 5.32 Å². The minimum absolute atomic E-state index is 0.670. The maximum Gasteiger partial charge on any atom is 0.0195 e. The topological polar surface area (TPSA) is 15.3 Å². The van der Waals surface area contributed by atoms with Crippen LogP contribution in [0.1, 0.15) is 19.3 Å². The molecule has 1 N–H and O–H groups in total. The van der Waals surface area contributed by atoms with E-state index in [1.807, 2.05) is 12.2 Å². The Kier molecular flexibility index (Phi) is 5.57. The van der Waals surface area contributed by atoms with Gasteiger partial charge in [0, 0.05) is 25.7 Å². The average molecular weight is 194 g/mol. The fourth-order valence-corrected chi connectivity index (χ4v) is 1.98. The number of nitrogens with one attached hydrogen (secondary N) is 1. The lowest BCUT2D eigenvalue weighted by atomic mass is 10.0. The Labute approximate surface area is 87.7 Å². The van der Waals surface area contributed by atoms with Gasteiger partial charge >= 0.3 is 0 Å². The molecule has 0 aromatic carbocycles. The molecule has 1 rings (SSSR count). The zero-order valence-corrected chi connectivity index (χ0v) is 9.04. The fourth-order valence-electron chi connectivity index (χ4n) is 1.98. The van der Waals surface area contributed by atoms with Gasteiger partial charge in [-0.05, 0) is 19.4 Å². The van der Waals surface area contributed by atoms with Gasteiger partial charge in [-0.25, -0.2) is 0 Å². The summed E-state index contributed by atoms with van der Waals surface area (Å²) in [5.41, 5.74) is 0. The van der Waals surface area contributed by atoms with Crippen LogP contribution in [0, 0.1) is 0 Å². The Hall–Kier alpha value is -0.600. The van der Waals surface area contributed by atoms with Crippen LogP contribution in [0.4, 0.5) is 0 Å². The predicted octanol–water partition coefficient (Wildman–Crippen LogP) is 1.80. The van der Waals surface area contributed by atoms with Gasteiger partial charge in [0.25, 0.3) is 0 Å². The maximum atomic E-state index is 3.78. The first kappa shape index (κ1) is 11.5. The number of hydrogen-bond donors (Lipinski definition) is 1. The highest BCUT2D eigenvalue weighted by molar-refractivity contribution is 4.84. The van der Waals surface area contributed by atoms with Gasteiger partial charge in [0.05, 0.1) is 0 Å². The third-order valence-corrected chi connectivity index (χ3v) is 2.67. The normalized spacial score (nSPS) is 22.2. The van der Waals surface area contributed by atoms with E-state index in [1.54, 1.807) is 0 Å². The molecule has 80 valence electrons. The van der Waals surface area contributed by atoms with Crippen molar-refractivity contribution in [3.8, 4) is 0 Å². The molecule has 1 saturated heterocycles. The summed E-state index contributed by atoms with van der Waals surface area (Å²) in [5.74, 6) is 0. The van der Waals surface area contributed by atoms with E-state index >= 15 is 0 Å². The second kappa shape index (κ2) is 6.80. The van der Waals surface area contributed by atoms with Gasteiger partial charge < -0.3 is 5.32 Å². The van der Waals surface area contributed by atoms with Crippen LogP contribution in [-0.2, 0) is 0 Å². The Bertz CT molecular complexity index is 161. The Morgan fingerprint density at radius 1 is 1.21 bits per heavy atom. The van der Waals surface area contributed by atoms with Crippen LogP contribution >= 0.6 is 0 Å². The van der Waals surface area contributed by atoms with E-state index in [1.165, 1.54) is 25.8 Å². The Morgan fingerprint density at radius 2 is 1.93 bits per heavy atom. The van der Waals surface area contributed by atoms with Crippen LogP contribution in [0.5, 0.6) is 0 Å².